The number of hydrogen-bond donors (Lipinski definition) is 0. The molecule has 2 rings (SSSR count). The molecule has 5 heteroatoms. The van der Waals surface area contributed by atoms with Crippen molar-refractivity contribution in [2.24, 2.45) is 0 Å². The molecule has 0 saturated carbocycles. The second-order valence-electron chi connectivity index (χ2n) is 4.60. The first-order chi connectivity index (χ1) is 10.6. The van der Waals surface area contributed by atoms with E-state index in [0.29, 0.717) is 11.1 Å². The molecule has 0 heterocycles. The molecule has 113 valence electrons. The summed E-state index contributed by atoms with van der Waals surface area (Å²) in [6, 6.07) is 16.9. The van der Waals surface area contributed by atoms with Crippen molar-refractivity contribution in [1.82, 2.24) is 0 Å². The van der Waals surface area contributed by atoms with E-state index in [9.17, 15) is 14.9 Å². The van der Waals surface area contributed by atoms with Crippen molar-refractivity contribution in [3.8, 4) is 0 Å². The molecule has 0 spiro atoms. The summed E-state index contributed by atoms with van der Waals surface area (Å²) in [6.45, 7) is 1.84. The van der Waals surface area contributed by atoms with Crippen LogP contribution in [0.4, 0.5) is 0 Å². The first-order valence-corrected chi connectivity index (χ1v) is 6.93. The van der Waals surface area contributed by atoms with Crippen molar-refractivity contribution in [1.29, 1.82) is 0 Å². The molecule has 2 aromatic carbocycles. The number of benzene rings is 2. The van der Waals surface area contributed by atoms with Crippen LogP contribution in [0.15, 0.2) is 60.7 Å². The zero-order valence-electron chi connectivity index (χ0n) is 12.1. The monoisotopic (exact) mass is 298 g/mol. The predicted octanol–water partition coefficient (Wildman–Crippen LogP) is 3.19. The maximum absolute atomic E-state index is 12.3. The molecule has 1 atom stereocenters. The van der Waals surface area contributed by atoms with Crippen LogP contribution in [0.5, 0.6) is 0 Å². The lowest BCUT2D eigenvalue weighted by Crippen LogP contribution is -2.28. The highest BCUT2D eigenvalue weighted by molar-refractivity contribution is 5.81. The van der Waals surface area contributed by atoms with Crippen molar-refractivity contribution in [2.75, 3.05) is 6.61 Å². The van der Waals surface area contributed by atoms with Gasteiger partial charge in [0.25, 0.3) is 0 Å². The Bertz CT molecular complexity index is 628. The van der Waals surface area contributed by atoms with Crippen LogP contribution in [0, 0.1) is 16.2 Å². The van der Waals surface area contributed by atoms with Gasteiger partial charge in [0.1, 0.15) is 0 Å². The molecule has 1 unspecified atom stereocenters. The van der Waals surface area contributed by atoms with Gasteiger partial charge in [0.15, 0.2) is 5.92 Å². The van der Waals surface area contributed by atoms with Crippen LogP contribution in [0.1, 0.15) is 24.0 Å². The summed E-state index contributed by atoms with van der Waals surface area (Å²) >= 11 is 0. The van der Waals surface area contributed by atoms with Gasteiger partial charge in [0.2, 0.25) is 0 Å². The quantitative estimate of drug-likeness (QED) is 0.466. The number of ether oxygens (including phenoxy) is 1. The molecule has 0 amide bonds. The zero-order chi connectivity index (χ0) is 15.9. The van der Waals surface area contributed by atoms with E-state index in [2.05, 4.69) is 0 Å². The van der Waals surface area contributed by atoms with Crippen molar-refractivity contribution < 1.29 is 14.5 Å². The SMILES string of the molecule is CCOC(=O)C([C](c1ccccc1)[N+](=O)[O-])c1ccccc1. The van der Waals surface area contributed by atoms with Gasteiger partial charge in [0.05, 0.1) is 6.61 Å². The number of carbonyl (C=O) groups excluding carboxylic acids is 1. The smallest absolute Gasteiger partial charge is 0.338 e. The molecule has 22 heavy (non-hydrogen) atoms. The van der Waals surface area contributed by atoms with Crippen molar-refractivity contribution in [3.63, 3.8) is 0 Å². The summed E-state index contributed by atoms with van der Waals surface area (Å²) in [7, 11) is 0. The number of nitro groups is 1. The fraction of sp³-hybridized carbons (Fsp3) is 0.176. The molecular formula is C17H16NO4. The van der Waals surface area contributed by atoms with Gasteiger partial charge in [-0.05, 0) is 12.5 Å². The van der Waals surface area contributed by atoms with E-state index in [1.165, 1.54) is 0 Å². The second-order valence-corrected chi connectivity index (χ2v) is 4.60. The molecule has 0 aromatic heterocycles. The van der Waals surface area contributed by atoms with Gasteiger partial charge < -0.3 is 4.74 Å². The lowest BCUT2D eigenvalue weighted by molar-refractivity contribution is -0.461. The van der Waals surface area contributed by atoms with Crippen LogP contribution in [0.25, 0.3) is 0 Å². The molecule has 0 aliphatic heterocycles. The van der Waals surface area contributed by atoms with E-state index in [0.717, 1.165) is 0 Å². The number of esters is 1. The largest absolute Gasteiger partial charge is 0.465 e. The summed E-state index contributed by atoms with van der Waals surface area (Å²) in [5, 5.41) is 11.6. The minimum Gasteiger partial charge on any atom is -0.465 e. The normalized spacial score (nSPS) is 11.9. The van der Waals surface area contributed by atoms with E-state index >= 15 is 0 Å². The summed E-state index contributed by atoms with van der Waals surface area (Å²) < 4.78 is 5.05. The third-order valence-electron chi connectivity index (χ3n) is 3.19. The molecule has 5 nitrogen and oxygen atoms in total. The molecule has 0 fully saturated rings. The third-order valence-corrected chi connectivity index (χ3v) is 3.19. The van der Waals surface area contributed by atoms with Crippen LogP contribution in [-0.4, -0.2) is 17.5 Å². The van der Waals surface area contributed by atoms with Crippen LogP contribution in [-0.2, 0) is 9.53 Å². The molecule has 0 saturated heterocycles. The Kier molecular flexibility index (Phi) is 5.25. The minimum atomic E-state index is -1.06. The maximum atomic E-state index is 12.3. The third kappa shape index (κ3) is 3.49. The highest BCUT2D eigenvalue weighted by Gasteiger charge is 2.43. The number of carbonyl (C=O) groups is 1. The minimum absolute atomic E-state index is 0.169. The van der Waals surface area contributed by atoms with Crippen molar-refractivity contribution >= 4 is 5.97 Å². The zero-order valence-corrected chi connectivity index (χ0v) is 12.1. The highest BCUT2D eigenvalue weighted by atomic mass is 16.6. The molecule has 0 N–H and O–H groups in total. The number of rotatable bonds is 6. The van der Waals surface area contributed by atoms with Gasteiger partial charge in [-0.15, -0.1) is 0 Å². The van der Waals surface area contributed by atoms with E-state index in [1.54, 1.807) is 67.6 Å². The molecule has 0 aliphatic rings. The topological polar surface area (TPSA) is 69.4 Å². The Labute approximate surface area is 128 Å². The summed E-state index contributed by atoms with van der Waals surface area (Å²) in [5.41, 5.74) is 0.936. The van der Waals surface area contributed by atoms with Gasteiger partial charge in [-0.2, -0.15) is 0 Å². The highest BCUT2D eigenvalue weighted by Crippen LogP contribution is 2.33. The standard InChI is InChI=1S/C17H16NO4/c1-2-22-17(19)15(13-9-5-3-6-10-13)16(18(20)21)14-11-7-4-8-12-14/h3-12,15H,2H2,1H3. The van der Waals surface area contributed by atoms with Gasteiger partial charge in [-0.1, -0.05) is 60.7 Å². The van der Waals surface area contributed by atoms with Crippen LogP contribution < -0.4 is 0 Å². The Hall–Kier alpha value is -2.69. The van der Waals surface area contributed by atoms with Gasteiger partial charge >= 0.3 is 12.0 Å². The predicted molar refractivity (Wildman–Crippen MR) is 81.6 cm³/mol. The fourth-order valence-electron chi connectivity index (χ4n) is 2.26. The maximum Gasteiger partial charge on any atom is 0.338 e. The molecule has 2 aromatic rings. The first-order valence-electron chi connectivity index (χ1n) is 6.93. The van der Waals surface area contributed by atoms with E-state index in [1.807, 2.05) is 0 Å². The van der Waals surface area contributed by atoms with Gasteiger partial charge in [-0.25, -0.2) is 0 Å². The number of nitrogens with zero attached hydrogens (tertiary/aromatic N) is 1. The molecule has 1 radical (unpaired) electrons. The Morgan fingerprint density at radius 3 is 2.14 bits per heavy atom. The fourth-order valence-corrected chi connectivity index (χ4v) is 2.26. The Balaban J connectivity index is 2.50. The lowest BCUT2D eigenvalue weighted by Gasteiger charge is -2.18. The van der Waals surface area contributed by atoms with Gasteiger partial charge in [-0.3, -0.25) is 14.9 Å². The Morgan fingerprint density at radius 1 is 1.09 bits per heavy atom. The summed E-state index contributed by atoms with van der Waals surface area (Å²) in [5.74, 6) is -1.68. The molecule has 0 aliphatic carbocycles. The van der Waals surface area contributed by atoms with Gasteiger partial charge in [0, 0.05) is 10.5 Å². The average molecular weight is 298 g/mol. The summed E-state index contributed by atoms with van der Waals surface area (Å²) in [6.07, 6.45) is 0. The number of hydrogen-bond acceptors (Lipinski definition) is 4. The average Bonchev–Trinajstić information content (AvgIpc) is 2.54. The van der Waals surface area contributed by atoms with E-state index in [-0.39, 0.29) is 12.6 Å². The Morgan fingerprint density at radius 2 is 1.64 bits per heavy atom. The van der Waals surface area contributed by atoms with Crippen LogP contribution >= 0.6 is 0 Å². The van der Waals surface area contributed by atoms with Crippen molar-refractivity contribution in [2.45, 2.75) is 12.8 Å². The molecule has 0 bridgehead atoms. The lowest BCUT2D eigenvalue weighted by atomic mass is 9.87. The van der Waals surface area contributed by atoms with Crippen LogP contribution in [0.3, 0.4) is 0 Å². The van der Waals surface area contributed by atoms with E-state index < -0.39 is 16.8 Å². The summed E-state index contributed by atoms with van der Waals surface area (Å²) in [4.78, 5) is 23.4. The van der Waals surface area contributed by atoms with Crippen LogP contribution in [0.2, 0.25) is 0 Å². The molecular weight excluding hydrogens is 282 g/mol. The second kappa shape index (κ2) is 7.36. The van der Waals surface area contributed by atoms with E-state index in [4.69, 9.17) is 4.74 Å². The first kappa shape index (κ1) is 15.7. The van der Waals surface area contributed by atoms with Crippen molar-refractivity contribution in [3.05, 3.63) is 87.9 Å².